The van der Waals surface area contributed by atoms with Gasteiger partial charge in [-0.05, 0) is 11.6 Å². The molecule has 0 spiro atoms. The molecule has 0 aliphatic rings. The average Bonchev–Trinajstić information content (AvgIpc) is 2.72. The molecule has 2 aromatic heterocycles. The van der Waals surface area contributed by atoms with Crippen LogP contribution in [0.4, 0.5) is 0 Å². The average molecular weight is 208 g/mol. The molecule has 72 valence electrons. The number of nitrogens with zero attached hydrogens (tertiary/aromatic N) is 3. The maximum Gasteiger partial charge on any atom is 0.0946 e. The Labute approximate surface area is 87.4 Å². The van der Waals surface area contributed by atoms with E-state index < -0.39 is 0 Å². The van der Waals surface area contributed by atoms with E-state index in [1.54, 1.807) is 24.9 Å². The van der Waals surface area contributed by atoms with Crippen LogP contribution in [0, 0.1) is 0 Å². The molecule has 14 heavy (non-hydrogen) atoms. The molecule has 1 unspecified atom stereocenters. The molecule has 1 atom stereocenters. The van der Waals surface area contributed by atoms with Crippen LogP contribution in [0.1, 0.15) is 10.9 Å². The Balaban J connectivity index is 2.07. The van der Waals surface area contributed by atoms with Crippen LogP contribution in [0.3, 0.4) is 0 Å². The van der Waals surface area contributed by atoms with Gasteiger partial charge in [0.15, 0.2) is 0 Å². The zero-order chi connectivity index (χ0) is 9.80. The molecule has 3 nitrogen and oxygen atoms in total. The first kappa shape index (κ1) is 9.21. The molecule has 0 saturated heterocycles. The van der Waals surface area contributed by atoms with Crippen LogP contribution in [0.15, 0.2) is 43.2 Å². The highest BCUT2D eigenvalue weighted by Crippen LogP contribution is 2.20. The van der Waals surface area contributed by atoms with Gasteiger partial charge in [0, 0.05) is 31.3 Å². The van der Waals surface area contributed by atoms with Crippen molar-refractivity contribution in [3.05, 3.63) is 48.8 Å². The van der Waals surface area contributed by atoms with Crippen LogP contribution in [-0.2, 0) is 6.54 Å². The largest absolute Gasteiger partial charge is 0.336 e. The van der Waals surface area contributed by atoms with Gasteiger partial charge < -0.3 is 4.57 Å². The van der Waals surface area contributed by atoms with Gasteiger partial charge in [0.25, 0.3) is 0 Å². The summed E-state index contributed by atoms with van der Waals surface area (Å²) >= 11 is 6.21. The lowest BCUT2D eigenvalue weighted by Crippen LogP contribution is -2.02. The molecule has 2 heterocycles. The number of alkyl halides is 1. The summed E-state index contributed by atoms with van der Waals surface area (Å²) in [5, 5.41) is -0.0575. The number of hydrogen-bond acceptors (Lipinski definition) is 2. The van der Waals surface area contributed by atoms with Gasteiger partial charge in [-0.1, -0.05) is 6.07 Å². The molecule has 4 heteroatoms. The van der Waals surface area contributed by atoms with Crippen molar-refractivity contribution < 1.29 is 0 Å². The molecule has 0 aromatic carbocycles. The predicted octanol–water partition coefficient (Wildman–Crippen LogP) is 2.26. The van der Waals surface area contributed by atoms with E-state index in [2.05, 4.69) is 9.97 Å². The first-order valence-electron chi connectivity index (χ1n) is 4.36. The van der Waals surface area contributed by atoms with E-state index in [4.69, 9.17) is 11.6 Å². The number of hydrogen-bond donors (Lipinski definition) is 0. The molecule has 0 radical (unpaired) electrons. The van der Waals surface area contributed by atoms with Crippen LogP contribution in [0.2, 0.25) is 0 Å². The van der Waals surface area contributed by atoms with E-state index in [1.807, 2.05) is 22.9 Å². The minimum atomic E-state index is -0.0575. The summed E-state index contributed by atoms with van der Waals surface area (Å²) in [7, 11) is 0. The molecule has 0 N–H and O–H groups in total. The van der Waals surface area contributed by atoms with Crippen molar-refractivity contribution >= 4 is 11.6 Å². The topological polar surface area (TPSA) is 30.7 Å². The second-order valence-electron chi connectivity index (χ2n) is 3.01. The fraction of sp³-hybridized carbons (Fsp3) is 0.200. The Kier molecular flexibility index (Phi) is 2.79. The molecule has 0 bridgehead atoms. The third kappa shape index (κ3) is 2.12. The van der Waals surface area contributed by atoms with Crippen LogP contribution in [-0.4, -0.2) is 14.5 Å². The Morgan fingerprint density at radius 1 is 1.36 bits per heavy atom. The third-order valence-corrected chi connectivity index (χ3v) is 2.37. The highest BCUT2D eigenvalue weighted by Gasteiger charge is 2.07. The summed E-state index contributed by atoms with van der Waals surface area (Å²) in [4.78, 5) is 7.98. The van der Waals surface area contributed by atoms with Crippen LogP contribution < -0.4 is 0 Å². The molecular weight excluding hydrogens is 198 g/mol. The van der Waals surface area contributed by atoms with Gasteiger partial charge in [0.05, 0.1) is 11.7 Å². The van der Waals surface area contributed by atoms with Crippen LogP contribution in [0.5, 0.6) is 0 Å². The maximum atomic E-state index is 6.21. The number of imidazole rings is 1. The van der Waals surface area contributed by atoms with Crippen molar-refractivity contribution in [2.75, 3.05) is 0 Å². The molecule has 2 rings (SSSR count). The number of pyridine rings is 1. The molecule has 0 aliphatic carbocycles. The minimum Gasteiger partial charge on any atom is -0.336 e. The quantitative estimate of drug-likeness (QED) is 0.723. The standard InChI is InChI=1S/C10H10ClN3/c11-10(7-14-5-4-13-8-14)9-2-1-3-12-6-9/h1-6,8,10H,7H2. The van der Waals surface area contributed by atoms with Gasteiger partial charge in [0.1, 0.15) is 0 Å². The second kappa shape index (κ2) is 4.24. The molecule has 0 aliphatic heterocycles. The SMILES string of the molecule is ClC(Cn1ccnc1)c1cccnc1. The van der Waals surface area contributed by atoms with E-state index in [-0.39, 0.29) is 5.38 Å². The van der Waals surface area contributed by atoms with Crippen molar-refractivity contribution in [3.63, 3.8) is 0 Å². The zero-order valence-corrected chi connectivity index (χ0v) is 8.30. The second-order valence-corrected chi connectivity index (χ2v) is 3.54. The van der Waals surface area contributed by atoms with Gasteiger partial charge in [-0.3, -0.25) is 4.98 Å². The lowest BCUT2D eigenvalue weighted by Gasteiger charge is -2.09. The Morgan fingerprint density at radius 2 is 2.29 bits per heavy atom. The number of halogens is 1. The van der Waals surface area contributed by atoms with E-state index in [1.165, 1.54) is 0 Å². The van der Waals surface area contributed by atoms with Gasteiger partial charge >= 0.3 is 0 Å². The van der Waals surface area contributed by atoms with Crippen molar-refractivity contribution in [2.45, 2.75) is 11.9 Å². The van der Waals surface area contributed by atoms with Crippen LogP contribution >= 0.6 is 11.6 Å². The van der Waals surface area contributed by atoms with Crippen molar-refractivity contribution in [1.29, 1.82) is 0 Å². The maximum absolute atomic E-state index is 6.21. The lowest BCUT2D eigenvalue weighted by molar-refractivity contribution is 0.675. The highest BCUT2D eigenvalue weighted by atomic mass is 35.5. The Hall–Kier alpha value is -1.35. The van der Waals surface area contributed by atoms with E-state index >= 15 is 0 Å². The van der Waals surface area contributed by atoms with E-state index in [0.717, 1.165) is 5.56 Å². The summed E-state index contributed by atoms with van der Waals surface area (Å²) in [6.45, 7) is 0.716. The fourth-order valence-corrected chi connectivity index (χ4v) is 1.53. The summed E-state index contributed by atoms with van der Waals surface area (Å²) < 4.78 is 1.95. The Morgan fingerprint density at radius 3 is 2.93 bits per heavy atom. The van der Waals surface area contributed by atoms with Crippen molar-refractivity contribution in [3.8, 4) is 0 Å². The lowest BCUT2D eigenvalue weighted by atomic mass is 10.2. The number of aromatic nitrogens is 3. The normalized spacial score (nSPS) is 12.6. The monoisotopic (exact) mass is 207 g/mol. The van der Waals surface area contributed by atoms with Crippen molar-refractivity contribution in [2.24, 2.45) is 0 Å². The first-order chi connectivity index (χ1) is 6.86. The van der Waals surface area contributed by atoms with Crippen LogP contribution in [0.25, 0.3) is 0 Å². The molecule has 0 fully saturated rings. The summed E-state index contributed by atoms with van der Waals surface area (Å²) in [6.07, 6.45) is 8.92. The summed E-state index contributed by atoms with van der Waals surface area (Å²) in [5.41, 5.74) is 1.03. The van der Waals surface area contributed by atoms with Gasteiger partial charge in [-0.25, -0.2) is 4.98 Å². The zero-order valence-electron chi connectivity index (χ0n) is 7.55. The molecule has 0 amide bonds. The fourth-order valence-electron chi connectivity index (χ4n) is 1.25. The molecular formula is C10H10ClN3. The number of rotatable bonds is 3. The predicted molar refractivity (Wildman–Crippen MR) is 55.1 cm³/mol. The summed E-state index contributed by atoms with van der Waals surface area (Å²) in [5.74, 6) is 0. The summed E-state index contributed by atoms with van der Waals surface area (Å²) in [6, 6.07) is 3.86. The highest BCUT2D eigenvalue weighted by molar-refractivity contribution is 6.20. The van der Waals surface area contributed by atoms with E-state index in [0.29, 0.717) is 6.54 Å². The molecule has 2 aromatic rings. The van der Waals surface area contributed by atoms with Gasteiger partial charge in [-0.2, -0.15) is 0 Å². The smallest absolute Gasteiger partial charge is 0.0946 e. The Bertz CT molecular complexity index is 372. The minimum absolute atomic E-state index is 0.0575. The van der Waals surface area contributed by atoms with Gasteiger partial charge in [0.2, 0.25) is 0 Å². The van der Waals surface area contributed by atoms with Crippen molar-refractivity contribution in [1.82, 2.24) is 14.5 Å². The molecule has 0 saturated carbocycles. The van der Waals surface area contributed by atoms with Gasteiger partial charge in [-0.15, -0.1) is 11.6 Å². The third-order valence-electron chi connectivity index (χ3n) is 1.98. The first-order valence-corrected chi connectivity index (χ1v) is 4.79. The van der Waals surface area contributed by atoms with E-state index in [9.17, 15) is 0 Å².